The summed E-state index contributed by atoms with van der Waals surface area (Å²) in [6.45, 7) is 1.37. The molecule has 1 saturated carbocycles. The highest BCUT2D eigenvalue weighted by Crippen LogP contribution is 2.45. The average Bonchev–Trinajstić information content (AvgIpc) is 3.09. The van der Waals surface area contributed by atoms with Gasteiger partial charge in [-0.25, -0.2) is 4.98 Å². The van der Waals surface area contributed by atoms with Gasteiger partial charge in [0.2, 0.25) is 0 Å². The van der Waals surface area contributed by atoms with Crippen molar-refractivity contribution in [1.29, 1.82) is 5.26 Å². The number of anilines is 1. The maximum absolute atomic E-state index is 10.2. The van der Waals surface area contributed by atoms with E-state index in [1.54, 1.807) is 12.3 Å². The van der Waals surface area contributed by atoms with E-state index >= 15 is 0 Å². The summed E-state index contributed by atoms with van der Waals surface area (Å²) in [7, 11) is 0. The Morgan fingerprint density at radius 2 is 2.25 bits per heavy atom. The van der Waals surface area contributed by atoms with Gasteiger partial charge in [-0.05, 0) is 30.9 Å². The summed E-state index contributed by atoms with van der Waals surface area (Å²) in [5.74, 6) is 0.501. The normalized spacial score (nSPS) is 22.4. The fourth-order valence-electron chi connectivity index (χ4n) is 2.35. The molecule has 0 bridgehead atoms. The van der Waals surface area contributed by atoms with Crippen molar-refractivity contribution >= 4 is 5.69 Å². The van der Waals surface area contributed by atoms with Crippen LogP contribution in [0.3, 0.4) is 0 Å². The van der Waals surface area contributed by atoms with Gasteiger partial charge in [0.25, 0.3) is 0 Å². The van der Waals surface area contributed by atoms with Crippen molar-refractivity contribution in [2.75, 3.05) is 18.0 Å². The van der Waals surface area contributed by atoms with E-state index in [0.29, 0.717) is 24.7 Å². The van der Waals surface area contributed by atoms with E-state index in [9.17, 15) is 5.11 Å². The fraction of sp³-hybridized carbons (Fsp3) is 0.500. The molecule has 2 heterocycles. The van der Waals surface area contributed by atoms with Crippen LogP contribution in [0.2, 0.25) is 0 Å². The highest BCUT2D eigenvalue weighted by Gasteiger charge is 2.51. The van der Waals surface area contributed by atoms with Crippen LogP contribution in [0.15, 0.2) is 18.3 Å². The maximum Gasteiger partial charge on any atom is 0.142 e. The summed E-state index contributed by atoms with van der Waals surface area (Å²) in [6.07, 6.45) is 3.96. The second-order valence-electron chi connectivity index (χ2n) is 4.74. The van der Waals surface area contributed by atoms with Crippen molar-refractivity contribution in [2.45, 2.75) is 18.4 Å². The monoisotopic (exact) mass is 215 g/mol. The number of aliphatic hydroxyl groups is 1. The van der Waals surface area contributed by atoms with Crippen LogP contribution < -0.4 is 4.90 Å². The predicted octanol–water partition coefficient (Wildman–Crippen LogP) is 0.914. The summed E-state index contributed by atoms with van der Waals surface area (Å²) in [4.78, 5) is 6.03. The molecule has 1 aromatic rings. The van der Waals surface area contributed by atoms with Crippen molar-refractivity contribution in [1.82, 2.24) is 4.98 Å². The van der Waals surface area contributed by atoms with Crippen LogP contribution in [-0.2, 0) is 0 Å². The van der Waals surface area contributed by atoms with E-state index < -0.39 is 5.60 Å². The summed E-state index contributed by atoms with van der Waals surface area (Å²) >= 11 is 0. The summed E-state index contributed by atoms with van der Waals surface area (Å²) in [5.41, 5.74) is 0.937. The second kappa shape index (κ2) is 3.19. The number of nitriles is 1. The highest BCUT2D eigenvalue weighted by molar-refractivity contribution is 5.52. The minimum atomic E-state index is -0.476. The molecule has 1 N–H and O–H groups in total. The largest absolute Gasteiger partial charge is 0.386 e. The lowest BCUT2D eigenvalue weighted by Gasteiger charge is -2.48. The second-order valence-corrected chi connectivity index (χ2v) is 4.74. The average molecular weight is 215 g/mol. The van der Waals surface area contributed by atoms with Crippen molar-refractivity contribution in [3.05, 3.63) is 24.0 Å². The zero-order chi connectivity index (χ0) is 11.2. The fourth-order valence-corrected chi connectivity index (χ4v) is 2.35. The SMILES string of the molecule is N#Cc1cc(N2CC(O)(C3CC3)C2)ccn1. The third-order valence-electron chi connectivity index (χ3n) is 3.49. The number of nitrogens with zero attached hydrogens (tertiary/aromatic N) is 3. The first-order chi connectivity index (χ1) is 7.71. The topological polar surface area (TPSA) is 60.2 Å². The van der Waals surface area contributed by atoms with Crippen molar-refractivity contribution in [3.63, 3.8) is 0 Å². The Bertz CT molecular complexity index is 456. The van der Waals surface area contributed by atoms with Gasteiger partial charge in [-0.3, -0.25) is 0 Å². The van der Waals surface area contributed by atoms with Gasteiger partial charge in [-0.2, -0.15) is 5.26 Å². The number of aromatic nitrogens is 1. The van der Waals surface area contributed by atoms with E-state index in [0.717, 1.165) is 18.5 Å². The molecule has 2 fully saturated rings. The molecule has 0 aromatic carbocycles. The van der Waals surface area contributed by atoms with Crippen LogP contribution in [-0.4, -0.2) is 28.8 Å². The maximum atomic E-state index is 10.2. The van der Waals surface area contributed by atoms with Crippen LogP contribution >= 0.6 is 0 Å². The van der Waals surface area contributed by atoms with Crippen molar-refractivity contribution in [2.24, 2.45) is 5.92 Å². The smallest absolute Gasteiger partial charge is 0.142 e. The molecule has 16 heavy (non-hydrogen) atoms. The Labute approximate surface area is 94.1 Å². The molecule has 1 aliphatic heterocycles. The standard InChI is InChI=1S/C12H13N3O/c13-6-10-5-11(3-4-14-10)15-7-12(16,8-15)9-1-2-9/h3-5,9,16H,1-2,7-8H2. The van der Waals surface area contributed by atoms with Crippen LogP contribution in [0.4, 0.5) is 5.69 Å². The Balaban J connectivity index is 1.73. The van der Waals surface area contributed by atoms with E-state index in [1.807, 2.05) is 12.1 Å². The first kappa shape index (κ1) is 9.61. The highest BCUT2D eigenvalue weighted by atomic mass is 16.3. The first-order valence-electron chi connectivity index (χ1n) is 5.55. The molecule has 82 valence electrons. The molecule has 0 radical (unpaired) electrons. The summed E-state index contributed by atoms with van der Waals surface area (Å²) in [6, 6.07) is 5.68. The molecule has 1 saturated heterocycles. The quantitative estimate of drug-likeness (QED) is 0.796. The summed E-state index contributed by atoms with van der Waals surface area (Å²) < 4.78 is 0. The van der Waals surface area contributed by atoms with Crippen molar-refractivity contribution < 1.29 is 5.11 Å². The number of rotatable bonds is 2. The van der Waals surface area contributed by atoms with Gasteiger partial charge in [-0.1, -0.05) is 0 Å². The van der Waals surface area contributed by atoms with E-state index in [4.69, 9.17) is 5.26 Å². The molecule has 2 aliphatic rings. The minimum absolute atomic E-state index is 0.430. The van der Waals surface area contributed by atoms with Crippen LogP contribution in [0.1, 0.15) is 18.5 Å². The lowest BCUT2D eigenvalue weighted by atomic mass is 9.88. The van der Waals surface area contributed by atoms with Gasteiger partial charge in [0.15, 0.2) is 0 Å². The molecular formula is C12H13N3O. The molecule has 1 aliphatic carbocycles. The Morgan fingerprint density at radius 1 is 1.50 bits per heavy atom. The molecular weight excluding hydrogens is 202 g/mol. The molecule has 4 nitrogen and oxygen atoms in total. The van der Waals surface area contributed by atoms with Gasteiger partial charge >= 0.3 is 0 Å². The van der Waals surface area contributed by atoms with E-state index in [2.05, 4.69) is 9.88 Å². The molecule has 0 amide bonds. The Kier molecular flexibility index (Phi) is 1.92. The molecule has 0 unspecified atom stereocenters. The van der Waals surface area contributed by atoms with Gasteiger partial charge in [0.05, 0.1) is 0 Å². The Hall–Kier alpha value is -1.60. The number of hydrogen-bond donors (Lipinski definition) is 1. The third kappa shape index (κ3) is 1.44. The lowest BCUT2D eigenvalue weighted by Crippen LogP contribution is -2.63. The van der Waals surface area contributed by atoms with Gasteiger partial charge in [0, 0.05) is 25.0 Å². The Morgan fingerprint density at radius 3 is 2.88 bits per heavy atom. The van der Waals surface area contributed by atoms with Gasteiger partial charge in [0.1, 0.15) is 17.4 Å². The summed E-state index contributed by atoms with van der Waals surface area (Å²) in [5, 5.41) is 18.9. The van der Waals surface area contributed by atoms with Crippen LogP contribution in [0, 0.1) is 17.2 Å². The van der Waals surface area contributed by atoms with Crippen LogP contribution in [0.5, 0.6) is 0 Å². The number of pyridine rings is 1. The van der Waals surface area contributed by atoms with Gasteiger partial charge < -0.3 is 10.0 Å². The zero-order valence-corrected chi connectivity index (χ0v) is 8.93. The number of β-amino-alcohol motifs (C(OH)–C–C–N with tert-alkyl or cyclic N) is 1. The van der Waals surface area contributed by atoms with E-state index in [1.165, 1.54) is 0 Å². The first-order valence-corrected chi connectivity index (χ1v) is 5.55. The van der Waals surface area contributed by atoms with Gasteiger partial charge in [-0.15, -0.1) is 0 Å². The third-order valence-corrected chi connectivity index (χ3v) is 3.49. The predicted molar refractivity (Wildman–Crippen MR) is 58.8 cm³/mol. The molecule has 3 rings (SSSR count). The van der Waals surface area contributed by atoms with Crippen LogP contribution in [0.25, 0.3) is 0 Å². The number of hydrogen-bond acceptors (Lipinski definition) is 4. The lowest BCUT2D eigenvalue weighted by molar-refractivity contribution is -0.00931. The van der Waals surface area contributed by atoms with E-state index in [-0.39, 0.29) is 0 Å². The minimum Gasteiger partial charge on any atom is -0.386 e. The zero-order valence-electron chi connectivity index (χ0n) is 8.93. The molecule has 0 spiro atoms. The van der Waals surface area contributed by atoms with Crippen molar-refractivity contribution in [3.8, 4) is 6.07 Å². The molecule has 1 aromatic heterocycles. The molecule has 0 atom stereocenters. The molecule has 4 heteroatoms.